The number of hydrogen-bond donors (Lipinski definition) is 2. The van der Waals surface area contributed by atoms with E-state index in [4.69, 9.17) is 0 Å². The highest BCUT2D eigenvalue weighted by molar-refractivity contribution is 7.93. The van der Waals surface area contributed by atoms with Crippen LogP contribution in [-0.2, 0) is 20.0 Å². The van der Waals surface area contributed by atoms with Crippen LogP contribution >= 0.6 is 0 Å². The lowest BCUT2D eigenvalue weighted by molar-refractivity contribution is 0.104. The second kappa shape index (κ2) is 8.61. The summed E-state index contributed by atoms with van der Waals surface area (Å²) in [6.45, 7) is 3.71. The number of fused-ring (bicyclic) bond motifs is 3. The van der Waals surface area contributed by atoms with E-state index < -0.39 is 25.8 Å². The van der Waals surface area contributed by atoms with E-state index in [1.807, 2.05) is 26.0 Å². The molecule has 0 saturated heterocycles. The molecule has 0 aromatic heterocycles. The van der Waals surface area contributed by atoms with E-state index in [0.29, 0.717) is 22.5 Å². The predicted molar refractivity (Wildman–Crippen MR) is 139 cm³/mol. The number of sulfonamides is 2. The average molecular weight is 519 g/mol. The molecular weight excluding hydrogens is 496 g/mol. The molecule has 0 aliphatic heterocycles. The molecule has 182 valence electrons. The molecule has 0 spiro atoms. The van der Waals surface area contributed by atoms with Gasteiger partial charge in [0.1, 0.15) is 0 Å². The Balaban J connectivity index is 1.46. The summed E-state index contributed by atoms with van der Waals surface area (Å²) in [5, 5.41) is 0. The van der Waals surface area contributed by atoms with Gasteiger partial charge < -0.3 is 0 Å². The molecule has 36 heavy (non-hydrogen) atoms. The van der Waals surface area contributed by atoms with Gasteiger partial charge in [0.05, 0.1) is 9.79 Å². The number of ketones is 1. The van der Waals surface area contributed by atoms with E-state index in [9.17, 15) is 21.6 Å². The molecule has 0 atom stereocenters. The number of hydrogen-bond acceptors (Lipinski definition) is 5. The number of aryl methyl sites for hydroxylation is 2. The Bertz CT molecular complexity index is 1630. The normalized spacial score (nSPS) is 12.7. The fourth-order valence-electron chi connectivity index (χ4n) is 4.22. The molecule has 0 radical (unpaired) electrons. The van der Waals surface area contributed by atoms with Gasteiger partial charge in [-0.25, -0.2) is 16.8 Å². The van der Waals surface area contributed by atoms with E-state index in [-0.39, 0.29) is 20.9 Å². The first-order valence-corrected chi connectivity index (χ1v) is 14.0. The Hall–Kier alpha value is -3.95. The summed E-state index contributed by atoms with van der Waals surface area (Å²) in [5.74, 6) is -0.430. The van der Waals surface area contributed by atoms with Gasteiger partial charge in [0.15, 0.2) is 5.78 Å². The number of nitrogens with one attached hydrogen (secondary N) is 2. The number of carbonyl (C=O) groups is 1. The molecule has 7 nitrogen and oxygen atoms in total. The minimum absolute atomic E-state index is 0.0575. The zero-order chi connectivity index (χ0) is 25.7. The molecule has 5 rings (SSSR count). The third-order valence-electron chi connectivity index (χ3n) is 5.92. The van der Waals surface area contributed by atoms with Gasteiger partial charge in [-0.1, -0.05) is 36.4 Å². The zero-order valence-corrected chi connectivity index (χ0v) is 21.1. The summed E-state index contributed by atoms with van der Waals surface area (Å²) >= 11 is 0. The molecule has 0 fully saturated rings. The molecule has 0 heterocycles. The molecule has 9 heteroatoms. The van der Waals surface area contributed by atoms with Crippen molar-refractivity contribution in [1.82, 2.24) is 0 Å². The molecule has 1 aliphatic rings. The van der Waals surface area contributed by atoms with Gasteiger partial charge in [0, 0.05) is 22.5 Å². The molecule has 0 saturated carbocycles. The fourth-order valence-corrected chi connectivity index (χ4v) is 6.37. The van der Waals surface area contributed by atoms with Crippen LogP contribution in [0.25, 0.3) is 11.1 Å². The molecule has 0 amide bonds. The van der Waals surface area contributed by atoms with Crippen molar-refractivity contribution in [2.45, 2.75) is 23.6 Å². The van der Waals surface area contributed by atoms with Crippen molar-refractivity contribution in [2.75, 3.05) is 9.44 Å². The van der Waals surface area contributed by atoms with Crippen LogP contribution in [0.2, 0.25) is 0 Å². The van der Waals surface area contributed by atoms with Crippen molar-refractivity contribution >= 4 is 37.2 Å². The van der Waals surface area contributed by atoms with Crippen LogP contribution in [0.4, 0.5) is 11.4 Å². The van der Waals surface area contributed by atoms with Crippen molar-refractivity contribution in [1.29, 1.82) is 0 Å². The van der Waals surface area contributed by atoms with Gasteiger partial charge in [-0.2, -0.15) is 0 Å². The highest BCUT2D eigenvalue weighted by Gasteiger charge is 2.30. The standard InChI is InChI=1S/C27H22N2O5S2/c1-17-5-3-7-19(13-17)28-35(31,32)21-9-11-23-24-12-10-22(16-26(24)27(30)25(23)15-21)36(33,34)29-20-8-4-6-18(2)14-20/h3-16,28-29H,1-2H3. The first kappa shape index (κ1) is 23.8. The van der Waals surface area contributed by atoms with Gasteiger partial charge in [0.25, 0.3) is 20.0 Å². The summed E-state index contributed by atoms with van der Waals surface area (Å²) in [6, 6.07) is 22.6. The quantitative estimate of drug-likeness (QED) is 0.324. The van der Waals surface area contributed by atoms with Gasteiger partial charge in [-0.3, -0.25) is 14.2 Å². The molecule has 4 aromatic carbocycles. The van der Waals surface area contributed by atoms with E-state index in [1.165, 1.54) is 24.3 Å². The van der Waals surface area contributed by atoms with Crippen LogP contribution in [0.15, 0.2) is 94.7 Å². The topological polar surface area (TPSA) is 109 Å². The minimum atomic E-state index is -3.94. The summed E-state index contributed by atoms with van der Waals surface area (Å²) < 4.78 is 56.9. The SMILES string of the molecule is Cc1cccc(NS(=O)(=O)c2ccc3c(c2)C(=O)c2cc(S(=O)(=O)Nc4cccc(C)c4)ccc2-3)c1. The number of carbonyl (C=O) groups excluding carboxylic acids is 1. The van der Waals surface area contributed by atoms with Gasteiger partial charge in [0.2, 0.25) is 0 Å². The van der Waals surface area contributed by atoms with Gasteiger partial charge in [-0.05, 0) is 84.6 Å². The largest absolute Gasteiger partial charge is 0.289 e. The van der Waals surface area contributed by atoms with Crippen LogP contribution in [0.1, 0.15) is 27.0 Å². The van der Waals surface area contributed by atoms with E-state index in [1.54, 1.807) is 48.5 Å². The lowest BCUT2D eigenvalue weighted by Gasteiger charge is -2.10. The summed E-state index contributed by atoms with van der Waals surface area (Å²) in [5.41, 5.74) is 4.16. The number of benzene rings is 4. The Morgan fingerprint density at radius 1 is 0.528 bits per heavy atom. The van der Waals surface area contributed by atoms with Gasteiger partial charge >= 0.3 is 0 Å². The summed E-state index contributed by atoms with van der Waals surface area (Å²) in [7, 11) is -7.88. The minimum Gasteiger partial charge on any atom is -0.289 e. The fraction of sp³-hybridized carbons (Fsp3) is 0.0741. The smallest absolute Gasteiger partial charge is 0.261 e. The maximum atomic E-state index is 13.2. The first-order chi connectivity index (χ1) is 17.0. The van der Waals surface area contributed by atoms with E-state index in [0.717, 1.165) is 11.1 Å². The predicted octanol–water partition coefficient (Wildman–Crippen LogP) is 5.12. The van der Waals surface area contributed by atoms with Crippen LogP contribution in [0.5, 0.6) is 0 Å². The van der Waals surface area contributed by atoms with Crippen LogP contribution < -0.4 is 9.44 Å². The zero-order valence-electron chi connectivity index (χ0n) is 19.4. The Kier molecular flexibility index (Phi) is 5.69. The van der Waals surface area contributed by atoms with Crippen LogP contribution in [-0.4, -0.2) is 22.6 Å². The molecule has 0 bridgehead atoms. The lowest BCUT2D eigenvalue weighted by Crippen LogP contribution is -2.14. The maximum absolute atomic E-state index is 13.2. The van der Waals surface area contributed by atoms with Crippen LogP contribution in [0, 0.1) is 13.8 Å². The molecule has 1 aliphatic carbocycles. The Labute approximate surface area is 209 Å². The third kappa shape index (κ3) is 4.38. The number of anilines is 2. The van der Waals surface area contributed by atoms with Crippen molar-refractivity contribution in [3.8, 4) is 11.1 Å². The van der Waals surface area contributed by atoms with Crippen molar-refractivity contribution in [2.24, 2.45) is 0 Å². The average Bonchev–Trinajstić information content (AvgIpc) is 3.10. The second-order valence-electron chi connectivity index (χ2n) is 8.69. The molecule has 4 aromatic rings. The first-order valence-electron chi connectivity index (χ1n) is 11.1. The van der Waals surface area contributed by atoms with E-state index in [2.05, 4.69) is 9.44 Å². The summed E-state index contributed by atoms with van der Waals surface area (Å²) in [6.07, 6.45) is 0. The van der Waals surface area contributed by atoms with Crippen molar-refractivity contribution < 1.29 is 21.6 Å². The van der Waals surface area contributed by atoms with Crippen LogP contribution in [0.3, 0.4) is 0 Å². The second-order valence-corrected chi connectivity index (χ2v) is 12.1. The summed E-state index contributed by atoms with van der Waals surface area (Å²) in [4.78, 5) is 13.1. The highest BCUT2D eigenvalue weighted by atomic mass is 32.2. The molecule has 0 unspecified atom stereocenters. The lowest BCUT2D eigenvalue weighted by atomic mass is 10.1. The van der Waals surface area contributed by atoms with Crippen molar-refractivity contribution in [3.63, 3.8) is 0 Å². The highest BCUT2D eigenvalue weighted by Crippen LogP contribution is 2.39. The maximum Gasteiger partial charge on any atom is 0.261 e. The monoisotopic (exact) mass is 518 g/mol. The van der Waals surface area contributed by atoms with Gasteiger partial charge in [-0.15, -0.1) is 0 Å². The Morgan fingerprint density at radius 3 is 1.33 bits per heavy atom. The van der Waals surface area contributed by atoms with Crippen molar-refractivity contribution in [3.05, 3.63) is 107 Å². The molecular formula is C27H22N2O5S2. The van der Waals surface area contributed by atoms with E-state index >= 15 is 0 Å². The third-order valence-corrected chi connectivity index (χ3v) is 8.68. The number of rotatable bonds is 6. The Morgan fingerprint density at radius 2 is 0.944 bits per heavy atom. The molecule has 2 N–H and O–H groups in total.